The summed E-state index contributed by atoms with van der Waals surface area (Å²) in [6.45, 7) is 2.51. The predicted molar refractivity (Wildman–Crippen MR) is 82.9 cm³/mol. The normalized spacial score (nSPS) is 14.8. The molecule has 1 aliphatic rings. The van der Waals surface area contributed by atoms with E-state index in [1.54, 1.807) is 19.3 Å². The Bertz CT molecular complexity index is 782. The molecule has 0 saturated carbocycles. The lowest BCUT2D eigenvalue weighted by Gasteiger charge is -2.36. The molecule has 0 spiro atoms. The van der Waals surface area contributed by atoms with Crippen LogP contribution in [-0.2, 0) is 7.05 Å². The Balaban J connectivity index is 1.75. The van der Waals surface area contributed by atoms with Gasteiger partial charge in [-0.1, -0.05) is 0 Å². The van der Waals surface area contributed by atoms with Crippen molar-refractivity contribution in [3.8, 4) is 0 Å². The first-order valence-electron chi connectivity index (χ1n) is 7.13. The Kier molecular flexibility index (Phi) is 3.92. The molecule has 9 heteroatoms. The number of hydrogen-bond acceptors (Lipinski definition) is 7. The van der Waals surface area contributed by atoms with Crippen LogP contribution in [0.3, 0.4) is 0 Å². The van der Waals surface area contributed by atoms with Gasteiger partial charge in [0.2, 0.25) is 0 Å². The van der Waals surface area contributed by atoms with Crippen LogP contribution in [0.1, 0.15) is 10.4 Å². The van der Waals surface area contributed by atoms with Gasteiger partial charge in [-0.05, 0) is 0 Å². The average Bonchev–Trinajstić information content (AvgIpc) is 2.57. The van der Waals surface area contributed by atoms with E-state index in [-0.39, 0.29) is 11.1 Å². The van der Waals surface area contributed by atoms with Crippen LogP contribution >= 0.6 is 0 Å². The molecule has 0 unspecified atom stereocenters. The molecule has 1 aliphatic heterocycles. The van der Waals surface area contributed by atoms with Gasteiger partial charge in [0.15, 0.2) is 0 Å². The van der Waals surface area contributed by atoms with Crippen LogP contribution in [-0.4, -0.2) is 57.0 Å². The van der Waals surface area contributed by atoms with Crippen LogP contribution in [0.15, 0.2) is 29.6 Å². The summed E-state index contributed by atoms with van der Waals surface area (Å²) in [7, 11) is 1.60. The van der Waals surface area contributed by atoms with Crippen molar-refractivity contribution in [3.05, 3.63) is 40.7 Å². The van der Waals surface area contributed by atoms with E-state index in [0.29, 0.717) is 32.0 Å². The molecule has 3 heterocycles. The van der Waals surface area contributed by atoms with Crippen molar-refractivity contribution in [1.29, 1.82) is 0 Å². The standard InChI is InChI=1S/C14H16N6O3/c1-18-12(21)6-10(7-17-18)19-2-4-20(5-3-19)13-11(14(22)23)8-15-9-16-13/h6-9H,2-5H2,1H3,(H,22,23). The van der Waals surface area contributed by atoms with E-state index in [2.05, 4.69) is 15.1 Å². The molecule has 0 radical (unpaired) electrons. The third-order valence-electron chi connectivity index (χ3n) is 3.82. The molecule has 1 fully saturated rings. The van der Waals surface area contributed by atoms with Crippen LogP contribution in [0.2, 0.25) is 0 Å². The topological polar surface area (TPSA) is 104 Å². The molecule has 2 aromatic heterocycles. The molecule has 0 atom stereocenters. The number of piperazine rings is 1. The molecule has 0 amide bonds. The van der Waals surface area contributed by atoms with E-state index in [9.17, 15) is 14.7 Å². The highest BCUT2D eigenvalue weighted by Crippen LogP contribution is 2.20. The quantitative estimate of drug-likeness (QED) is 0.815. The number of aromatic nitrogens is 4. The smallest absolute Gasteiger partial charge is 0.341 e. The molecule has 9 nitrogen and oxygen atoms in total. The lowest BCUT2D eigenvalue weighted by atomic mass is 10.2. The van der Waals surface area contributed by atoms with Gasteiger partial charge >= 0.3 is 5.97 Å². The molecule has 0 aliphatic carbocycles. The monoisotopic (exact) mass is 316 g/mol. The maximum absolute atomic E-state index is 11.7. The SMILES string of the molecule is Cn1ncc(N2CCN(c3ncncc3C(=O)O)CC2)cc1=O. The van der Waals surface area contributed by atoms with Gasteiger partial charge in [0.25, 0.3) is 5.56 Å². The summed E-state index contributed by atoms with van der Waals surface area (Å²) in [4.78, 5) is 34.8. The largest absolute Gasteiger partial charge is 0.477 e. The van der Waals surface area contributed by atoms with Crippen LogP contribution in [0.25, 0.3) is 0 Å². The zero-order valence-corrected chi connectivity index (χ0v) is 12.6. The summed E-state index contributed by atoms with van der Waals surface area (Å²) in [5.41, 5.74) is 0.707. The second-order valence-corrected chi connectivity index (χ2v) is 5.21. The highest BCUT2D eigenvalue weighted by atomic mass is 16.4. The minimum atomic E-state index is -1.04. The predicted octanol–water partition coefficient (Wildman–Crippen LogP) is -0.405. The van der Waals surface area contributed by atoms with E-state index >= 15 is 0 Å². The molecule has 3 rings (SSSR count). The first-order chi connectivity index (χ1) is 11.1. The Morgan fingerprint density at radius 1 is 1.17 bits per heavy atom. The summed E-state index contributed by atoms with van der Waals surface area (Å²) in [5.74, 6) is -0.618. The van der Waals surface area contributed by atoms with Gasteiger partial charge in [0.1, 0.15) is 17.7 Å². The third kappa shape index (κ3) is 2.98. The number of anilines is 2. The van der Waals surface area contributed by atoms with Crippen molar-refractivity contribution in [3.63, 3.8) is 0 Å². The van der Waals surface area contributed by atoms with Gasteiger partial charge in [0.05, 0.1) is 11.9 Å². The molecule has 0 aromatic carbocycles. The van der Waals surface area contributed by atoms with Crippen molar-refractivity contribution in [2.75, 3.05) is 36.0 Å². The Morgan fingerprint density at radius 3 is 2.52 bits per heavy atom. The Morgan fingerprint density at radius 2 is 1.87 bits per heavy atom. The van der Waals surface area contributed by atoms with Gasteiger partial charge in [-0.15, -0.1) is 0 Å². The van der Waals surface area contributed by atoms with E-state index in [1.807, 2.05) is 9.80 Å². The first-order valence-corrected chi connectivity index (χ1v) is 7.13. The van der Waals surface area contributed by atoms with Gasteiger partial charge in [0, 0.05) is 45.5 Å². The van der Waals surface area contributed by atoms with Crippen LogP contribution in [0, 0.1) is 0 Å². The van der Waals surface area contributed by atoms with E-state index in [0.717, 1.165) is 5.69 Å². The Labute approximate surface area is 131 Å². The fourth-order valence-corrected chi connectivity index (χ4v) is 2.54. The minimum absolute atomic E-state index is 0.0937. The van der Waals surface area contributed by atoms with Gasteiger partial charge < -0.3 is 14.9 Å². The fraction of sp³-hybridized carbons (Fsp3) is 0.357. The van der Waals surface area contributed by atoms with Crippen LogP contribution < -0.4 is 15.4 Å². The molecular weight excluding hydrogens is 300 g/mol. The molecule has 120 valence electrons. The summed E-state index contributed by atoms with van der Waals surface area (Å²) in [5, 5.41) is 13.2. The summed E-state index contributed by atoms with van der Waals surface area (Å²) < 4.78 is 1.28. The van der Waals surface area contributed by atoms with Gasteiger partial charge in [-0.3, -0.25) is 4.79 Å². The summed E-state index contributed by atoms with van der Waals surface area (Å²) >= 11 is 0. The fourth-order valence-electron chi connectivity index (χ4n) is 2.54. The van der Waals surface area contributed by atoms with Crippen molar-refractivity contribution in [2.24, 2.45) is 7.05 Å². The second kappa shape index (κ2) is 6.03. The summed E-state index contributed by atoms with van der Waals surface area (Å²) in [6, 6.07) is 1.55. The number of carbonyl (C=O) groups is 1. The van der Waals surface area contributed by atoms with Crippen molar-refractivity contribution < 1.29 is 9.90 Å². The highest BCUT2D eigenvalue weighted by molar-refractivity contribution is 5.92. The highest BCUT2D eigenvalue weighted by Gasteiger charge is 2.23. The summed E-state index contributed by atoms with van der Waals surface area (Å²) in [6.07, 6.45) is 4.31. The molecule has 1 saturated heterocycles. The molecule has 1 N–H and O–H groups in total. The average molecular weight is 316 g/mol. The van der Waals surface area contributed by atoms with Crippen molar-refractivity contribution in [1.82, 2.24) is 19.7 Å². The third-order valence-corrected chi connectivity index (χ3v) is 3.82. The van der Waals surface area contributed by atoms with E-state index < -0.39 is 5.97 Å². The number of nitrogens with zero attached hydrogens (tertiary/aromatic N) is 6. The van der Waals surface area contributed by atoms with Crippen LogP contribution in [0.4, 0.5) is 11.5 Å². The van der Waals surface area contributed by atoms with Crippen LogP contribution in [0.5, 0.6) is 0 Å². The number of aromatic carboxylic acids is 1. The second-order valence-electron chi connectivity index (χ2n) is 5.21. The molecule has 0 bridgehead atoms. The van der Waals surface area contributed by atoms with Crippen molar-refractivity contribution in [2.45, 2.75) is 0 Å². The van der Waals surface area contributed by atoms with E-state index in [1.165, 1.54) is 17.2 Å². The van der Waals surface area contributed by atoms with E-state index in [4.69, 9.17) is 0 Å². The molecule has 2 aromatic rings. The maximum atomic E-state index is 11.7. The van der Waals surface area contributed by atoms with Gasteiger partial charge in [-0.2, -0.15) is 5.10 Å². The number of carboxylic acid groups (broad SMARTS) is 1. The number of aryl methyl sites for hydroxylation is 1. The molecule has 23 heavy (non-hydrogen) atoms. The lowest BCUT2D eigenvalue weighted by molar-refractivity contribution is 0.0696. The number of hydrogen-bond donors (Lipinski definition) is 1. The van der Waals surface area contributed by atoms with Crippen molar-refractivity contribution >= 4 is 17.5 Å². The minimum Gasteiger partial charge on any atom is -0.477 e. The number of carboxylic acids is 1. The zero-order valence-electron chi connectivity index (χ0n) is 12.6. The van der Waals surface area contributed by atoms with Gasteiger partial charge in [-0.25, -0.2) is 19.4 Å². The maximum Gasteiger partial charge on any atom is 0.341 e. The first kappa shape index (κ1) is 14.9. The lowest BCUT2D eigenvalue weighted by Crippen LogP contribution is -2.47. The zero-order chi connectivity index (χ0) is 16.4. The molecular formula is C14H16N6O3. The Hall–Kier alpha value is -2.97. The number of rotatable bonds is 3.